The summed E-state index contributed by atoms with van der Waals surface area (Å²) in [6, 6.07) is 0. The number of rotatable bonds is 7. The van der Waals surface area contributed by atoms with E-state index in [0.29, 0.717) is 0 Å². The molecular weight excluding hydrogens is 542 g/mol. The minimum absolute atomic E-state index is 0.806. The van der Waals surface area contributed by atoms with Gasteiger partial charge in [0.15, 0.2) is 33.3 Å². The van der Waals surface area contributed by atoms with Gasteiger partial charge in [0.25, 0.3) is 0 Å². The molecule has 1 aromatic carbocycles. The fraction of sp³-hybridized carbons (Fsp3) is 0.333. The average molecular weight is 542 g/mol. The lowest BCUT2D eigenvalue weighted by atomic mass is 10.3. The molecule has 0 aromatic heterocycles. The van der Waals surface area contributed by atoms with E-state index in [1.807, 2.05) is 0 Å². The van der Waals surface area contributed by atoms with Crippen LogP contribution in [-0.2, 0) is 30.3 Å². The van der Waals surface area contributed by atoms with Crippen LogP contribution in [0.25, 0.3) is 4.13 Å². The van der Waals surface area contributed by atoms with Gasteiger partial charge in [-0.2, -0.15) is 34.8 Å². The van der Waals surface area contributed by atoms with Crippen molar-refractivity contribution in [2.45, 2.75) is 21.3 Å². The van der Waals surface area contributed by atoms with Gasteiger partial charge >= 0.3 is 26.7 Å². The summed E-state index contributed by atoms with van der Waals surface area (Å²) in [5.74, 6) is -24.0. The van der Waals surface area contributed by atoms with Gasteiger partial charge in [0.1, 0.15) is 14.9 Å². The Bertz CT molecular complexity index is 1210. The third-order valence-electron chi connectivity index (χ3n) is 2.98. The van der Waals surface area contributed by atoms with Crippen molar-refractivity contribution >= 4 is 30.3 Å². The summed E-state index contributed by atoms with van der Waals surface area (Å²) in [5, 5.41) is -15.2. The van der Waals surface area contributed by atoms with Gasteiger partial charge in [-0.05, 0) is 0 Å². The number of hydrogen-bond acceptors (Lipinski definition) is 6. The first kappa shape index (κ1) is 27.2. The Labute approximate surface area is 163 Å². The van der Waals surface area contributed by atoms with E-state index in [9.17, 15) is 77.4 Å². The van der Waals surface area contributed by atoms with Gasteiger partial charge in [-0.1, -0.05) is 3.89 Å². The predicted molar refractivity (Wildman–Crippen MR) is 70.6 cm³/mol. The normalized spacial score (nSPS) is 14.7. The number of sulfonamides is 2. The molecule has 0 atom stereocenters. The minimum atomic E-state index is -8.07. The van der Waals surface area contributed by atoms with Crippen molar-refractivity contribution in [2.24, 2.45) is 0 Å². The number of halogens is 12. The molecule has 0 aliphatic rings. The lowest BCUT2D eigenvalue weighted by Crippen LogP contribution is -2.59. The molecule has 1 rings (SSSR count). The standard InChI is InChI=1S/C9F12NO6S3/c10-1-2(11)4(13)6(5(14)3(1)12)29(23,24)22-31(27,28)9(19,20)7(15,16)8(17,18)30(21,25)26/q-1. The zero-order valence-electron chi connectivity index (χ0n) is 13.2. The highest BCUT2D eigenvalue weighted by atomic mass is 32.3. The third kappa shape index (κ3) is 3.92. The number of benzene rings is 1. The Morgan fingerprint density at radius 1 is 0.581 bits per heavy atom. The summed E-state index contributed by atoms with van der Waals surface area (Å²) in [6.07, 6.45) is 0. The maximum Gasteiger partial charge on any atom is 0.443 e. The van der Waals surface area contributed by atoms with E-state index in [4.69, 9.17) is 0 Å². The maximum atomic E-state index is 13.5. The van der Waals surface area contributed by atoms with Crippen molar-refractivity contribution in [2.75, 3.05) is 0 Å². The number of alkyl halides is 6. The summed E-state index contributed by atoms with van der Waals surface area (Å²) in [4.78, 5) is -3.28. The van der Waals surface area contributed by atoms with Crippen LogP contribution < -0.4 is 0 Å². The highest BCUT2D eigenvalue weighted by molar-refractivity contribution is 8.12. The lowest BCUT2D eigenvalue weighted by Gasteiger charge is -2.34. The van der Waals surface area contributed by atoms with Crippen LogP contribution in [0.3, 0.4) is 0 Å². The minimum Gasteiger partial charge on any atom is -0.426 e. The second kappa shape index (κ2) is 7.37. The summed E-state index contributed by atoms with van der Waals surface area (Å²) in [5.41, 5.74) is 0. The highest BCUT2D eigenvalue weighted by Crippen LogP contribution is 2.53. The van der Waals surface area contributed by atoms with Crippen LogP contribution in [0.15, 0.2) is 4.90 Å². The van der Waals surface area contributed by atoms with E-state index >= 15 is 0 Å². The van der Waals surface area contributed by atoms with Crippen molar-refractivity contribution in [3.63, 3.8) is 0 Å². The van der Waals surface area contributed by atoms with Crippen LogP contribution >= 0.6 is 0 Å². The number of hydrogen-bond donors (Lipinski definition) is 0. The van der Waals surface area contributed by atoms with Crippen molar-refractivity contribution < 1.29 is 77.4 Å². The molecular formula is C9F12NO6S3-. The maximum absolute atomic E-state index is 13.5. The zero-order valence-corrected chi connectivity index (χ0v) is 15.6. The van der Waals surface area contributed by atoms with Gasteiger partial charge in [-0.25, -0.2) is 38.8 Å². The Hall–Kier alpha value is -1.81. The average Bonchev–Trinajstić information content (AvgIpc) is 2.55. The zero-order chi connectivity index (χ0) is 25.2. The monoisotopic (exact) mass is 542 g/mol. The Balaban J connectivity index is 3.73. The molecule has 0 unspecified atom stereocenters. The van der Waals surface area contributed by atoms with Crippen LogP contribution in [0.1, 0.15) is 0 Å². The SMILES string of the molecule is O=S(=O)([N-]S(=O)(=O)C(F)(F)C(F)(F)C(F)(F)S(=O)(=O)F)c1c(F)c(F)c(F)c(F)c1F. The first-order chi connectivity index (χ1) is 13.4. The Morgan fingerprint density at radius 2 is 0.903 bits per heavy atom. The fourth-order valence-corrected chi connectivity index (χ4v) is 4.80. The third-order valence-corrected chi connectivity index (χ3v) is 7.20. The highest BCUT2D eigenvalue weighted by Gasteiger charge is 2.81. The van der Waals surface area contributed by atoms with Crippen molar-refractivity contribution in [1.82, 2.24) is 0 Å². The van der Waals surface area contributed by atoms with E-state index < -0.39 is 80.7 Å². The van der Waals surface area contributed by atoms with Gasteiger partial charge in [0.05, 0.1) is 0 Å². The largest absolute Gasteiger partial charge is 0.443 e. The molecule has 180 valence electrons. The van der Waals surface area contributed by atoms with E-state index in [1.165, 1.54) is 0 Å². The summed E-state index contributed by atoms with van der Waals surface area (Å²) >= 11 is 0. The van der Waals surface area contributed by atoms with Crippen molar-refractivity contribution in [3.8, 4) is 0 Å². The summed E-state index contributed by atoms with van der Waals surface area (Å²) < 4.78 is 223. The number of nitrogens with zero attached hydrogens (tertiary/aromatic N) is 1. The van der Waals surface area contributed by atoms with Gasteiger partial charge in [0, 0.05) is 0 Å². The summed E-state index contributed by atoms with van der Waals surface area (Å²) in [6.45, 7) is 0. The topological polar surface area (TPSA) is 117 Å². The second-order valence-electron chi connectivity index (χ2n) is 4.97. The Kier molecular flexibility index (Phi) is 6.47. The molecule has 0 bridgehead atoms. The predicted octanol–water partition coefficient (Wildman–Crippen LogP) is 2.89. The molecule has 31 heavy (non-hydrogen) atoms. The molecule has 0 aliphatic carbocycles. The second-order valence-corrected chi connectivity index (χ2v) is 9.78. The Morgan fingerprint density at radius 3 is 1.23 bits per heavy atom. The first-order valence-electron chi connectivity index (χ1n) is 6.21. The summed E-state index contributed by atoms with van der Waals surface area (Å²) in [7, 11) is -23.2. The van der Waals surface area contributed by atoms with Crippen molar-refractivity contribution in [1.29, 1.82) is 0 Å². The molecule has 0 fully saturated rings. The van der Waals surface area contributed by atoms with Crippen LogP contribution in [0.5, 0.6) is 0 Å². The molecule has 0 amide bonds. The lowest BCUT2D eigenvalue weighted by molar-refractivity contribution is -0.244. The van der Waals surface area contributed by atoms with Gasteiger partial charge in [-0.3, -0.25) is 0 Å². The van der Waals surface area contributed by atoms with Gasteiger partial charge in [-0.15, -0.1) is 0 Å². The molecule has 0 heterocycles. The van der Waals surface area contributed by atoms with E-state index in [2.05, 4.69) is 0 Å². The smallest absolute Gasteiger partial charge is 0.426 e. The molecule has 0 aliphatic heterocycles. The van der Waals surface area contributed by atoms with Crippen LogP contribution in [-0.4, -0.2) is 41.7 Å². The molecule has 0 spiro atoms. The molecule has 22 heteroatoms. The van der Waals surface area contributed by atoms with Crippen LogP contribution in [0, 0.1) is 29.1 Å². The van der Waals surface area contributed by atoms with Crippen molar-refractivity contribution in [3.05, 3.63) is 33.2 Å². The van der Waals surface area contributed by atoms with E-state index in [-0.39, 0.29) is 0 Å². The van der Waals surface area contributed by atoms with E-state index in [1.54, 1.807) is 0 Å². The fourth-order valence-electron chi connectivity index (χ4n) is 1.51. The van der Waals surface area contributed by atoms with E-state index in [0.717, 1.165) is 4.13 Å². The molecule has 0 saturated carbocycles. The molecule has 1 aromatic rings. The van der Waals surface area contributed by atoms with Gasteiger partial charge < -0.3 is 4.13 Å². The molecule has 0 saturated heterocycles. The first-order valence-corrected chi connectivity index (χ1v) is 10.5. The van der Waals surface area contributed by atoms with Gasteiger partial charge in [0.2, 0.25) is 5.82 Å². The molecule has 7 nitrogen and oxygen atoms in total. The molecule has 0 radical (unpaired) electrons. The quantitative estimate of drug-likeness (QED) is 0.227. The van der Waals surface area contributed by atoms with Crippen LogP contribution in [0.2, 0.25) is 0 Å². The molecule has 0 N–H and O–H groups in total. The van der Waals surface area contributed by atoms with Crippen LogP contribution in [0.4, 0.5) is 52.2 Å².